The van der Waals surface area contributed by atoms with Crippen LogP contribution >= 0.6 is 0 Å². The van der Waals surface area contributed by atoms with Crippen molar-refractivity contribution in [1.82, 2.24) is 9.55 Å². The minimum absolute atomic E-state index is 0.223. The molecule has 3 N–H and O–H groups in total. The van der Waals surface area contributed by atoms with Gasteiger partial charge in [-0.25, -0.2) is 4.98 Å². The highest BCUT2D eigenvalue weighted by Gasteiger charge is 2.12. The molecule has 5 nitrogen and oxygen atoms in total. The standard InChI is InChI=1S/C15H16N4O/c1-2-4-14(16)15(20)18-13-6-3-5-12(9-13)10-19-8-7-17-11-19/h1,3,5-9,11,14H,4,10,16H2,(H,18,20). The number of rotatable bonds is 5. The Kier molecular flexibility index (Phi) is 4.53. The highest BCUT2D eigenvalue weighted by molar-refractivity contribution is 5.94. The molecule has 20 heavy (non-hydrogen) atoms. The van der Waals surface area contributed by atoms with Crippen LogP contribution < -0.4 is 11.1 Å². The van der Waals surface area contributed by atoms with Gasteiger partial charge in [-0.05, 0) is 17.7 Å². The molecule has 0 fully saturated rings. The van der Waals surface area contributed by atoms with E-state index < -0.39 is 6.04 Å². The molecule has 1 atom stereocenters. The molecule has 102 valence electrons. The van der Waals surface area contributed by atoms with Crippen molar-refractivity contribution in [2.24, 2.45) is 5.73 Å². The van der Waals surface area contributed by atoms with Crippen LogP contribution in [0.1, 0.15) is 12.0 Å². The summed E-state index contributed by atoms with van der Waals surface area (Å²) in [6.45, 7) is 0.695. The summed E-state index contributed by atoms with van der Waals surface area (Å²) in [6, 6.07) is 6.90. The molecular weight excluding hydrogens is 252 g/mol. The first-order valence-electron chi connectivity index (χ1n) is 6.23. The lowest BCUT2D eigenvalue weighted by Crippen LogP contribution is -2.35. The SMILES string of the molecule is C#CCC(N)C(=O)Nc1cccc(Cn2ccnc2)c1. The van der Waals surface area contributed by atoms with Gasteiger partial charge in [0.15, 0.2) is 0 Å². The van der Waals surface area contributed by atoms with E-state index in [-0.39, 0.29) is 12.3 Å². The van der Waals surface area contributed by atoms with Crippen LogP contribution in [-0.2, 0) is 11.3 Å². The quantitative estimate of drug-likeness (QED) is 0.801. The number of benzene rings is 1. The largest absolute Gasteiger partial charge is 0.333 e. The molecule has 0 aliphatic carbocycles. The number of imidazole rings is 1. The maximum absolute atomic E-state index is 11.8. The Hall–Kier alpha value is -2.58. The summed E-state index contributed by atoms with van der Waals surface area (Å²) in [4.78, 5) is 15.8. The van der Waals surface area contributed by atoms with E-state index in [2.05, 4.69) is 16.2 Å². The van der Waals surface area contributed by atoms with Gasteiger partial charge >= 0.3 is 0 Å². The first kappa shape index (κ1) is 13.8. The van der Waals surface area contributed by atoms with Gasteiger partial charge in [0, 0.05) is 31.0 Å². The van der Waals surface area contributed by atoms with Gasteiger partial charge in [-0.15, -0.1) is 12.3 Å². The molecule has 1 aromatic heterocycles. The predicted octanol–water partition coefficient (Wildman–Crippen LogP) is 1.22. The highest BCUT2D eigenvalue weighted by Crippen LogP contribution is 2.12. The third-order valence-corrected chi connectivity index (χ3v) is 2.79. The minimum Gasteiger partial charge on any atom is -0.333 e. The van der Waals surface area contributed by atoms with Crippen molar-refractivity contribution in [3.05, 3.63) is 48.5 Å². The third kappa shape index (κ3) is 3.70. The Morgan fingerprint density at radius 3 is 3.10 bits per heavy atom. The summed E-state index contributed by atoms with van der Waals surface area (Å²) in [5, 5.41) is 2.76. The van der Waals surface area contributed by atoms with Crippen LogP contribution in [0, 0.1) is 12.3 Å². The normalized spacial score (nSPS) is 11.6. The van der Waals surface area contributed by atoms with Crippen molar-refractivity contribution < 1.29 is 4.79 Å². The summed E-state index contributed by atoms with van der Waals surface area (Å²) in [5.74, 6) is 2.10. The first-order valence-corrected chi connectivity index (χ1v) is 6.23. The molecule has 0 bridgehead atoms. The second-order valence-corrected chi connectivity index (χ2v) is 4.44. The molecule has 0 radical (unpaired) electrons. The maximum atomic E-state index is 11.8. The molecule has 5 heteroatoms. The van der Waals surface area contributed by atoms with E-state index in [1.54, 1.807) is 12.5 Å². The van der Waals surface area contributed by atoms with Crippen LogP contribution in [0.4, 0.5) is 5.69 Å². The summed E-state index contributed by atoms with van der Waals surface area (Å²) >= 11 is 0. The molecular formula is C15H16N4O. The maximum Gasteiger partial charge on any atom is 0.242 e. The molecule has 1 unspecified atom stereocenters. The van der Waals surface area contributed by atoms with Gasteiger partial charge in [-0.1, -0.05) is 12.1 Å². The Balaban J connectivity index is 2.03. The fraction of sp³-hybridized carbons (Fsp3) is 0.200. The van der Waals surface area contributed by atoms with Crippen molar-refractivity contribution in [3.8, 4) is 12.3 Å². The Morgan fingerprint density at radius 2 is 2.40 bits per heavy atom. The molecule has 0 aliphatic rings. The fourth-order valence-electron chi connectivity index (χ4n) is 1.79. The summed E-state index contributed by atoms with van der Waals surface area (Å²) < 4.78 is 1.95. The minimum atomic E-state index is -0.683. The molecule has 1 heterocycles. The highest BCUT2D eigenvalue weighted by atomic mass is 16.2. The number of hydrogen-bond acceptors (Lipinski definition) is 3. The Bertz CT molecular complexity index is 613. The molecule has 1 amide bonds. The average molecular weight is 268 g/mol. The Labute approximate surface area is 117 Å². The van der Waals surface area contributed by atoms with Gasteiger partial charge in [0.05, 0.1) is 12.4 Å². The zero-order valence-electron chi connectivity index (χ0n) is 11.0. The van der Waals surface area contributed by atoms with E-state index in [1.165, 1.54) is 0 Å². The predicted molar refractivity (Wildman–Crippen MR) is 77.8 cm³/mol. The molecule has 1 aromatic carbocycles. The lowest BCUT2D eigenvalue weighted by atomic mass is 10.1. The summed E-state index contributed by atoms with van der Waals surface area (Å²) in [7, 11) is 0. The first-order chi connectivity index (χ1) is 9.69. The van der Waals surface area contributed by atoms with Crippen LogP contribution in [0.25, 0.3) is 0 Å². The van der Waals surface area contributed by atoms with Crippen molar-refractivity contribution in [3.63, 3.8) is 0 Å². The topological polar surface area (TPSA) is 72.9 Å². The zero-order valence-corrected chi connectivity index (χ0v) is 11.0. The fourth-order valence-corrected chi connectivity index (χ4v) is 1.79. The van der Waals surface area contributed by atoms with Gasteiger partial charge in [-0.2, -0.15) is 0 Å². The van der Waals surface area contributed by atoms with Crippen LogP contribution in [0.15, 0.2) is 43.0 Å². The number of anilines is 1. The van der Waals surface area contributed by atoms with Gasteiger partial charge in [-0.3, -0.25) is 4.79 Å². The lowest BCUT2D eigenvalue weighted by molar-refractivity contribution is -0.117. The molecule has 0 aliphatic heterocycles. The summed E-state index contributed by atoms with van der Waals surface area (Å²) in [6.07, 6.45) is 10.7. The lowest BCUT2D eigenvalue weighted by Gasteiger charge is -2.11. The molecule has 0 saturated heterocycles. The zero-order chi connectivity index (χ0) is 14.4. The van der Waals surface area contributed by atoms with Crippen LogP contribution in [0.5, 0.6) is 0 Å². The van der Waals surface area contributed by atoms with E-state index in [0.717, 1.165) is 5.56 Å². The van der Waals surface area contributed by atoms with E-state index >= 15 is 0 Å². The van der Waals surface area contributed by atoms with Crippen LogP contribution in [0.3, 0.4) is 0 Å². The number of terminal acetylenes is 1. The van der Waals surface area contributed by atoms with Crippen LogP contribution in [-0.4, -0.2) is 21.5 Å². The van der Waals surface area contributed by atoms with Crippen molar-refractivity contribution in [2.75, 3.05) is 5.32 Å². The van der Waals surface area contributed by atoms with E-state index in [0.29, 0.717) is 12.2 Å². The third-order valence-electron chi connectivity index (χ3n) is 2.79. The average Bonchev–Trinajstić information content (AvgIpc) is 2.92. The molecule has 0 spiro atoms. The molecule has 2 aromatic rings. The second-order valence-electron chi connectivity index (χ2n) is 4.44. The smallest absolute Gasteiger partial charge is 0.242 e. The van der Waals surface area contributed by atoms with Crippen molar-refractivity contribution >= 4 is 11.6 Å². The number of nitrogens with zero attached hydrogens (tertiary/aromatic N) is 2. The van der Waals surface area contributed by atoms with Crippen molar-refractivity contribution in [1.29, 1.82) is 0 Å². The van der Waals surface area contributed by atoms with Gasteiger partial charge in [0.2, 0.25) is 5.91 Å². The number of nitrogens with one attached hydrogen (secondary N) is 1. The van der Waals surface area contributed by atoms with Crippen LogP contribution in [0.2, 0.25) is 0 Å². The van der Waals surface area contributed by atoms with E-state index in [9.17, 15) is 4.79 Å². The second kappa shape index (κ2) is 6.55. The summed E-state index contributed by atoms with van der Waals surface area (Å²) in [5.41, 5.74) is 7.43. The molecule has 0 saturated carbocycles. The number of carbonyl (C=O) groups excluding carboxylic acids is 1. The Morgan fingerprint density at radius 1 is 1.55 bits per heavy atom. The number of aromatic nitrogens is 2. The van der Waals surface area contributed by atoms with Gasteiger partial charge in [0.1, 0.15) is 0 Å². The number of amides is 1. The van der Waals surface area contributed by atoms with E-state index in [1.807, 2.05) is 35.0 Å². The number of hydrogen-bond donors (Lipinski definition) is 2. The van der Waals surface area contributed by atoms with Crippen molar-refractivity contribution in [2.45, 2.75) is 19.0 Å². The number of carbonyl (C=O) groups is 1. The van der Waals surface area contributed by atoms with E-state index in [4.69, 9.17) is 12.2 Å². The van der Waals surface area contributed by atoms with Gasteiger partial charge in [0.25, 0.3) is 0 Å². The molecule has 2 rings (SSSR count). The number of nitrogens with two attached hydrogens (primary N) is 1. The van der Waals surface area contributed by atoms with Gasteiger partial charge < -0.3 is 15.6 Å². The monoisotopic (exact) mass is 268 g/mol.